The minimum atomic E-state index is -0.348. The van der Waals surface area contributed by atoms with Crippen molar-refractivity contribution in [3.63, 3.8) is 0 Å². The molecule has 0 atom stereocenters. The van der Waals surface area contributed by atoms with E-state index >= 15 is 0 Å². The van der Waals surface area contributed by atoms with E-state index in [1.54, 1.807) is 17.2 Å². The maximum absolute atomic E-state index is 13.5. The lowest BCUT2D eigenvalue weighted by Gasteiger charge is -2.32. The van der Waals surface area contributed by atoms with Crippen molar-refractivity contribution in [1.29, 1.82) is 0 Å². The van der Waals surface area contributed by atoms with E-state index in [2.05, 4.69) is 15.6 Å². The SMILES string of the molecule is CCC(=O)N1CCC(NC(=O)c2sc3nccc4c3c2NC(=O)N4c2ccc(Oc3ccccc3)cc2C)CC1. The van der Waals surface area contributed by atoms with Crippen LogP contribution in [-0.4, -0.2) is 46.9 Å². The van der Waals surface area contributed by atoms with Gasteiger partial charge in [-0.2, -0.15) is 0 Å². The number of aryl methyl sites for hydroxylation is 1. The summed E-state index contributed by atoms with van der Waals surface area (Å²) in [6.45, 7) is 5.05. The van der Waals surface area contributed by atoms with Crippen molar-refractivity contribution in [1.82, 2.24) is 15.2 Å². The molecule has 0 radical (unpaired) electrons. The van der Waals surface area contributed by atoms with Crippen molar-refractivity contribution in [2.45, 2.75) is 39.2 Å². The van der Waals surface area contributed by atoms with Gasteiger partial charge >= 0.3 is 6.03 Å². The van der Waals surface area contributed by atoms with Gasteiger partial charge in [-0.15, -0.1) is 11.3 Å². The van der Waals surface area contributed by atoms with Crippen molar-refractivity contribution in [2.75, 3.05) is 23.3 Å². The minimum Gasteiger partial charge on any atom is -0.457 e. The van der Waals surface area contributed by atoms with Crippen LogP contribution in [0.25, 0.3) is 10.2 Å². The van der Waals surface area contributed by atoms with Gasteiger partial charge in [-0.3, -0.25) is 14.5 Å². The van der Waals surface area contributed by atoms with Gasteiger partial charge in [0.2, 0.25) is 5.91 Å². The fourth-order valence-electron chi connectivity index (χ4n) is 5.30. The number of urea groups is 1. The van der Waals surface area contributed by atoms with E-state index in [-0.39, 0.29) is 23.9 Å². The van der Waals surface area contributed by atoms with E-state index in [1.165, 1.54) is 11.3 Å². The first kappa shape index (κ1) is 25.8. The van der Waals surface area contributed by atoms with Gasteiger partial charge in [0.05, 0.1) is 22.4 Å². The van der Waals surface area contributed by atoms with Crippen LogP contribution in [0.4, 0.5) is 21.9 Å². The van der Waals surface area contributed by atoms with Gasteiger partial charge in [0.1, 0.15) is 21.2 Å². The molecule has 2 aromatic carbocycles. The number of para-hydroxylation sites is 1. The summed E-state index contributed by atoms with van der Waals surface area (Å²) in [5.41, 5.74) is 2.73. The number of hydrogen-bond donors (Lipinski definition) is 2. The lowest BCUT2D eigenvalue weighted by Crippen LogP contribution is -2.46. The zero-order chi connectivity index (χ0) is 27.8. The highest BCUT2D eigenvalue weighted by Crippen LogP contribution is 2.46. The Kier molecular flexibility index (Phi) is 6.85. The Morgan fingerprint density at radius 3 is 2.58 bits per heavy atom. The first-order valence-corrected chi connectivity index (χ1v) is 14.2. The molecule has 2 aliphatic heterocycles. The first-order chi connectivity index (χ1) is 19.4. The Morgan fingerprint density at radius 1 is 1.07 bits per heavy atom. The maximum Gasteiger partial charge on any atom is 0.331 e. The third kappa shape index (κ3) is 4.75. The predicted molar refractivity (Wildman–Crippen MR) is 156 cm³/mol. The molecule has 2 aliphatic rings. The van der Waals surface area contributed by atoms with Crippen LogP contribution in [0.15, 0.2) is 60.8 Å². The highest BCUT2D eigenvalue weighted by Gasteiger charge is 2.34. The number of hydrogen-bond acceptors (Lipinski definition) is 6. The number of benzene rings is 2. The zero-order valence-corrected chi connectivity index (χ0v) is 23.1. The highest BCUT2D eigenvalue weighted by atomic mass is 32.1. The monoisotopic (exact) mass is 555 g/mol. The molecule has 4 heterocycles. The van der Waals surface area contributed by atoms with Gasteiger partial charge in [0, 0.05) is 31.7 Å². The van der Waals surface area contributed by atoms with Crippen molar-refractivity contribution in [2.24, 2.45) is 0 Å². The number of carbonyl (C=O) groups excluding carboxylic acids is 3. The molecule has 4 amide bonds. The van der Waals surface area contributed by atoms with Crippen LogP contribution in [0.2, 0.25) is 0 Å². The number of nitrogens with one attached hydrogen (secondary N) is 2. The molecule has 2 aromatic heterocycles. The number of rotatable bonds is 6. The average Bonchev–Trinajstić information content (AvgIpc) is 3.34. The first-order valence-electron chi connectivity index (χ1n) is 13.4. The second-order valence-electron chi connectivity index (χ2n) is 9.93. The summed E-state index contributed by atoms with van der Waals surface area (Å²) in [6, 6.07) is 16.5. The van der Waals surface area contributed by atoms with Crippen molar-refractivity contribution in [3.8, 4) is 11.5 Å². The summed E-state index contributed by atoms with van der Waals surface area (Å²) < 4.78 is 5.97. The van der Waals surface area contributed by atoms with E-state index in [0.29, 0.717) is 64.9 Å². The van der Waals surface area contributed by atoms with Crippen molar-refractivity contribution < 1.29 is 19.1 Å². The average molecular weight is 556 g/mol. The van der Waals surface area contributed by atoms with Crippen LogP contribution in [-0.2, 0) is 4.79 Å². The quantitative estimate of drug-likeness (QED) is 0.294. The van der Waals surface area contributed by atoms with E-state index in [0.717, 1.165) is 16.7 Å². The number of aromatic nitrogens is 1. The number of nitrogens with zero attached hydrogens (tertiary/aromatic N) is 3. The summed E-state index contributed by atoms with van der Waals surface area (Å²) >= 11 is 1.27. The van der Waals surface area contributed by atoms with Gasteiger partial charge in [-0.05, 0) is 61.7 Å². The van der Waals surface area contributed by atoms with Crippen LogP contribution >= 0.6 is 11.3 Å². The summed E-state index contributed by atoms with van der Waals surface area (Å²) in [6.07, 6.45) is 3.54. The molecule has 1 saturated heterocycles. The number of carbonyl (C=O) groups is 3. The molecule has 0 spiro atoms. The Bertz CT molecular complexity index is 1610. The normalized spacial score (nSPS) is 15.2. The second-order valence-corrected chi connectivity index (χ2v) is 10.9. The van der Waals surface area contributed by atoms with Gasteiger partial charge in [-0.25, -0.2) is 9.78 Å². The smallest absolute Gasteiger partial charge is 0.331 e. The minimum absolute atomic E-state index is 0.0340. The van der Waals surface area contributed by atoms with Crippen LogP contribution in [0.3, 0.4) is 0 Å². The molecule has 1 fully saturated rings. The highest BCUT2D eigenvalue weighted by molar-refractivity contribution is 7.21. The molecule has 0 saturated carbocycles. The predicted octanol–water partition coefficient (Wildman–Crippen LogP) is 6.21. The molecule has 6 rings (SSSR count). The Hall–Kier alpha value is -4.44. The third-order valence-electron chi connectivity index (χ3n) is 7.33. The number of amides is 4. The Balaban J connectivity index is 1.26. The standard InChI is InChI=1S/C30H29N5O4S/c1-3-24(36)34-15-12-19(13-16-34)32-28(37)27-26-25-23(11-14-31-29(25)40-27)35(30(38)33-26)22-10-9-21(17-18(22)2)39-20-7-5-4-6-8-20/h4-11,14,17,19H,3,12-13,15-16H2,1-2H3,(H,32,37)(H,33,38). The molecule has 4 aromatic rings. The molecule has 10 heteroatoms. The van der Waals surface area contributed by atoms with Gasteiger partial charge < -0.3 is 20.3 Å². The number of thiophene rings is 1. The molecule has 204 valence electrons. The van der Waals surface area contributed by atoms with E-state index in [9.17, 15) is 14.4 Å². The molecule has 2 N–H and O–H groups in total. The number of piperidine rings is 1. The Morgan fingerprint density at radius 2 is 1.85 bits per heavy atom. The van der Waals surface area contributed by atoms with Crippen LogP contribution in [0, 0.1) is 6.92 Å². The van der Waals surface area contributed by atoms with Crippen molar-refractivity contribution in [3.05, 3.63) is 71.2 Å². The van der Waals surface area contributed by atoms with Gasteiger partial charge in [0.15, 0.2) is 0 Å². The second kappa shape index (κ2) is 10.6. The molecule has 0 aliphatic carbocycles. The molecular formula is C30H29N5O4S. The van der Waals surface area contributed by atoms with Gasteiger partial charge in [0.25, 0.3) is 5.91 Å². The van der Waals surface area contributed by atoms with Crippen LogP contribution in [0.1, 0.15) is 41.4 Å². The largest absolute Gasteiger partial charge is 0.457 e. The molecule has 9 nitrogen and oxygen atoms in total. The zero-order valence-electron chi connectivity index (χ0n) is 22.3. The van der Waals surface area contributed by atoms with E-state index in [1.807, 2.05) is 67.3 Å². The number of ether oxygens (including phenoxy) is 1. The number of pyridine rings is 1. The summed E-state index contributed by atoms with van der Waals surface area (Å²) in [7, 11) is 0. The van der Waals surface area contributed by atoms with Crippen molar-refractivity contribution >= 4 is 56.5 Å². The lowest BCUT2D eigenvalue weighted by molar-refractivity contribution is -0.131. The summed E-state index contributed by atoms with van der Waals surface area (Å²) in [5, 5.41) is 6.82. The van der Waals surface area contributed by atoms with Crippen LogP contribution < -0.4 is 20.3 Å². The summed E-state index contributed by atoms with van der Waals surface area (Å²) in [5.74, 6) is 1.30. The molecular weight excluding hydrogens is 526 g/mol. The van der Waals surface area contributed by atoms with Crippen LogP contribution in [0.5, 0.6) is 11.5 Å². The molecule has 0 bridgehead atoms. The molecule has 40 heavy (non-hydrogen) atoms. The van der Waals surface area contributed by atoms with E-state index in [4.69, 9.17) is 4.74 Å². The number of likely N-dealkylation sites (tertiary alicyclic amines) is 1. The Labute approximate surface area is 235 Å². The van der Waals surface area contributed by atoms with Gasteiger partial charge in [-0.1, -0.05) is 25.1 Å². The lowest BCUT2D eigenvalue weighted by atomic mass is 10.0. The third-order valence-corrected chi connectivity index (χ3v) is 8.42. The number of anilines is 3. The van der Waals surface area contributed by atoms with E-state index < -0.39 is 0 Å². The summed E-state index contributed by atoms with van der Waals surface area (Å²) in [4.78, 5) is 48.0. The fraction of sp³-hybridized carbons (Fsp3) is 0.267. The fourth-order valence-corrected chi connectivity index (χ4v) is 6.32. The maximum atomic E-state index is 13.5. The molecule has 0 unspecified atom stereocenters. The topological polar surface area (TPSA) is 104 Å².